The zero-order chi connectivity index (χ0) is 15.2. The molecule has 0 radical (unpaired) electrons. The second kappa shape index (κ2) is 9.22. The first-order valence-electron chi connectivity index (χ1n) is 6.00. The molecule has 9 heteroatoms. The summed E-state index contributed by atoms with van der Waals surface area (Å²) in [5.74, 6) is -0.573. The van der Waals surface area contributed by atoms with Gasteiger partial charge in [0.2, 0.25) is 10.0 Å². The monoisotopic (exact) mass is 356 g/mol. The van der Waals surface area contributed by atoms with Gasteiger partial charge in [0.05, 0.1) is 17.7 Å². The largest absolute Gasteiger partial charge is 0.465 e. The fourth-order valence-corrected chi connectivity index (χ4v) is 3.07. The lowest BCUT2D eigenvalue weighted by atomic mass is 10.2. The molecule has 6 nitrogen and oxygen atoms in total. The van der Waals surface area contributed by atoms with E-state index in [1.54, 1.807) is 0 Å². The molecule has 120 valence electrons. The van der Waals surface area contributed by atoms with Crippen LogP contribution >= 0.6 is 24.0 Å². The van der Waals surface area contributed by atoms with Crippen LogP contribution in [0, 0.1) is 0 Å². The second-order valence-corrected chi connectivity index (χ2v) is 6.03. The number of nitrogens with one attached hydrogen (secondary N) is 2. The number of hydrogen-bond acceptors (Lipinski definition) is 5. The molecular weight excluding hydrogens is 339 g/mol. The molecule has 0 saturated carbocycles. The van der Waals surface area contributed by atoms with E-state index in [0.717, 1.165) is 6.54 Å². The summed E-state index contributed by atoms with van der Waals surface area (Å²) in [6.07, 6.45) is 0. The highest BCUT2D eigenvalue weighted by Crippen LogP contribution is 2.22. The number of rotatable bonds is 7. The Kier molecular flexibility index (Phi) is 8.84. The molecule has 1 aromatic carbocycles. The molecule has 0 aliphatic heterocycles. The molecule has 0 fully saturated rings. The van der Waals surface area contributed by atoms with Crippen molar-refractivity contribution in [3.05, 3.63) is 28.8 Å². The second-order valence-electron chi connectivity index (χ2n) is 3.89. The van der Waals surface area contributed by atoms with Gasteiger partial charge in [0, 0.05) is 13.1 Å². The highest BCUT2D eigenvalue weighted by Gasteiger charge is 2.19. The van der Waals surface area contributed by atoms with Crippen LogP contribution in [0.1, 0.15) is 17.3 Å². The standard InChI is InChI=1S/C12H17ClN2O4S.ClH/c1-3-14-6-7-15-20(17,18)11-5-4-9(8-10(11)13)12(16)19-2;/h4-5,8,14-15H,3,6-7H2,1-2H3;1H. The third kappa shape index (κ3) is 5.80. The molecule has 0 aromatic heterocycles. The number of halogens is 2. The van der Waals surface area contributed by atoms with Crippen molar-refractivity contribution in [2.45, 2.75) is 11.8 Å². The van der Waals surface area contributed by atoms with E-state index >= 15 is 0 Å². The summed E-state index contributed by atoms with van der Waals surface area (Å²) in [4.78, 5) is 11.3. The number of likely N-dealkylation sites (N-methyl/N-ethyl adjacent to an activating group) is 1. The van der Waals surface area contributed by atoms with Gasteiger partial charge in [-0.2, -0.15) is 0 Å². The van der Waals surface area contributed by atoms with Gasteiger partial charge < -0.3 is 10.1 Å². The van der Waals surface area contributed by atoms with Crippen LogP contribution in [-0.4, -0.2) is 41.1 Å². The third-order valence-corrected chi connectivity index (χ3v) is 4.43. The first kappa shape index (κ1) is 20.1. The topological polar surface area (TPSA) is 84.5 Å². The fraction of sp³-hybridized carbons (Fsp3) is 0.417. The molecule has 0 aliphatic rings. The van der Waals surface area contributed by atoms with E-state index in [9.17, 15) is 13.2 Å². The van der Waals surface area contributed by atoms with Crippen LogP contribution in [0.5, 0.6) is 0 Å². The Balaban J connectivity index is 0.00000400. The smallest absolute Gasteiger partial charge is 0.337 e. The Labute approximate surface area is 135 Å². The number of carbonyl (C=O) groups excluding carboxylic acids is 1. The van der Waals surface area contributed by atoms with Gasteiger partial charge in [0.15, 0.2) is 0 Å². The molecule has 0 heterocycles. The van der Waals surface area contributed by atoms with E-state index in [2.05, 4.69) is 14.8 Å². The Morgan fingerprint density at radius 2 is 2.00 bits per heavy atom. The summed E-state index contributed by atoms with van der Waals surface area (Å²) in [7, 11) is -2.46. The highest BCUT2D eigenvalue weighted by molar-refractivity contribution is 7.89. The maximum atomic E-state index is 12.0. The van der Waals surface area contributed by atoms with Crippen molar-refractivity contribution in [2.24, 2.45) is 0 Å². The maximum absolute atomic E-state index is 12.0. The number of esters is 1. The van der Waals surface area contributed by atoms with Crippen molar-refractivity contribution < 1.29 is 17.9 Å². The van der Waals surface area contributed by atoms with Gasteiger partial charge in [-0.05, 0) is 24.7 Å². The van der Waals surface area contributed by atoms with Crippen molar-refractivity contribution in [3.63, 3.8) is 0 Å². The Bertz CT molecular complexity index is 579. The van der Waals surface area contributed by atoms with Gasteiger partial charge in [-0.3, -0.25) is 0 Å². The zero-order valence-corrected chi connectivity index (χ0v) is 14.1. The summed E-state index contributed by atoms with van der Waals surface area (Å²) in [5.41, 5.74) is 0.198. The first-order valence-corrected chi connectivity index (χ1v) is 7.86. The normalized spacial score (nSPS) is 10.8. The van der Waals surface area contributed by atoms with Gasteiger partial charge in [0.25, 0.3) is 0 Å². The average Bonchev–Trinajstić information content (AvgIpc) is 2.42. The minimum Gasteiger partial charge on any atom is -0.465 e. The predicted octanol–water partition coefficient (Wildman–Crippen LogP) is 1.44. The predicted molar refractivity (Wildman–Crippen MR) is 83.8 cm³/mol. The molecule has 0 saturated heterocycles. The molecule has 0 spiro atoms. The van der Waals surface area contributed by atoms with Gasteiger partial charge in [-0.25, -0.2) is 17.9 Å². The number of ether oxygens (including phenoxy) is 1. The highest BCUT2D eigenvalue weighted by atomic mass is 35.5. The maximum Gasteiger partial charge on any atom is 0.337 e. The van der Waals surface area contributed by atoms with Crippen LogP contribution in [0.4, 0.5) is 0 Å². The SMILES string of the molecule is CCNCCNS(=O)(=O)c1ccc(C(=O)OC)cc1Cl.Cl. The number of methoxy groups -OCH3 is 1. The molecule has 0 amide bonds. The van der Waals surface area contributed by atoms with Crippen LogP contribution in [-0.2, 0) is 14.8 Å². The molecule has 1 rings (SSSR count). The molecule has 2 N–H and O–H groups in total. The van der Waals surface area contributed by atoms with E-state index in [4.69, 9.17) is 11.6 Å². The van der Waals surface area contributed by atoms with Crippen molar-refractivity contribution in [1.29, 1.82) is 0 Å². The first-order chi connectivity index (χ1) is 9.42. The van der Waals surface area contributed by atoms with Crippen LogP contribution in [0.25, 0.3) is 0 Å². The lowest BCUT2D eigenvalue weighted by molar-refractivity contribution is 0.0600. The van der Waals surface area contributed by atoms with Gasteiger partial charge in [0.1, 0.15) is 4.90 Å². The quantitative estimate of drug-likeness (QED) is 0.570. The lowest BCUT2D eigenvalue weighted by Crippen LogP contribution is -2.32. The number of benzene rings is 1. The van der Waals surface area contributed by atoms with Gasteiger partial charge >= 0.3 is 5.97 Å². The van der Waals surface area contributed by atoms with Crippen molar-refractivity contribution in [2.75, 3.05) is 26.7 Å². The van der Waals surface area contributed by atoms with Gasteiger partial charge in [-0.15, -0.1) is 12.4 Å². The fourth-order valence-electron chi connectivity index (χ4n) is 1.49. The average molecular weight is 357 g/mol. The van der Waals surface area contributed by atoms with E-state index in [0.29, 0.717) is 6.54 Å². The molecule has 1 aromatic rings. The van der Waals surface area contributed by atoms with E-state index < -0.39 is 16.0 Å². The molecule has 0 aliphatic carbocycles. The van der Waals surface area contributed by atoms with Crippen LogP contribution < -0.4 is 10.0 Å². The van der Waals surface area contributed by atoms with E-state index in [1.807, 2.05) is 6.92 Å². The Hall–Kier alpha value is -0.860. The molecule has 0 bridgehead atoms. The van der Waals surface area contributed by atoms with Crippen molar-refractivity contribution in [1.82, 2.24) is 10.0 Å². The summed E-state index contributed by atoms with van der Waals surface area (Å²) >= 11 is 5.91. The number of sulfonamides is 1. The summed E-state index contributed by atoms with van der Waals surface area (Å²) in [5, 5.41) is 2.97. The summed E-state index contributed by atoms with van der Waals surface area (Å²) in [6, 6.07) is 3.91. The summed E-state index contributed by atoms with van der Waals surface area (Å²) < 4.78 is 31.0. The van der Waals surface area contributed by atoms with Crippen molar-refractivity contribution in [3.8, 4) is 0 Å². The molecule has 0 atom stereocenters. The minimum absolute atomic E-state index is 0. The summed E-state index contributed by atoms with van der Waals surface area (Å²) in [6.45, 7) is 3.46. The van der Waals surface area contributed by atoms with Crippen LogP contribution in [0.15, 0.2) is 23.1 Å². The van der Waals surface area contributed by atoms with Gasteiger partial charge in [-0.1, -0.05) is 18.5 Å². The number of carbonyl (C=O) groups is 1. The lowest BCUT2D eigenvalue weighted by Gasteiger charge is -2.09. The van der Waals surface area contributed by atoms with E-state index in [-0.39, 0.29) is 34.4 Å². The third-order valence-electron chi connectivity index (χ3n) is 2.49. The van der Waals surface area contributed by atoms with Crippen LogP contribution in [0.3, 0.4) is 0 Å². The Morgan fingerprint density at radius 3 is 2.52 bits per heavy atom. The Morgan fingerprint density at radius 1 is 1.33 bits per heavy atom. The van der Waals surface area contributed by atoms with Crippen LogP contribution in [0.2, 0.25) is 5.02 Å². The van der Waals surface area contributed by atoms with Crippen molar-refractivity contribution >= 4 is 40.0 Å². The molecular formula is C12H18Cl2N2O4S. The minimum atomic E-state index is -3.69. The molecule has 0 unspecified atom stereocenters. The number of hydrogen-bond donors (Lipinski definition) is 2. The van der Waals surface area contributed by atoms with E-state index in [1.165, 1.54) is 25.3 Å². The zero-order valence-electron chi connectivity index (χ0n) is 11.7. The molecule has 21 heavy (non-hydrogen) atoms.